The molecule has 8 nitrogen and oxygen atoms in total. The van der Waals surface area contributed by atoms with Gasteiger partial charge in [-0.15, -0.1) is 0 Å². The van der Waals surface area contributed by atoms with E-state index in [1.54, 1.807) is 38.5 Å². The van der Waals surface area contributed by atoms with Gasteiger partial charge in [0.1, 0.15) is 23.7 Å². The number of hydrogen-bond acceptors (Lipinski definition) is 6. The van der Waals surface area contributed by atoms with Crippen molar-refractivity contribution in [3.8, 4) is 11.5 Å². The van der Waals surface area contributed by atoms with E-state index in [0.29, 0.717) is 11.5 Å². The maximum atomic E-state index is 12.8. The molecule has 3 aromatic carbocycles. The van der Waals surface area contributed by atoms with Gasteiger partial charge in [-0.25, -0.2) is 4.79 Å². The van der Waals surface area contributed by atoms with Crippen LogP contribution in [0.1, 0.15) is 23.6 Å². The fourth-order valence-electron chi connectivity index (χ4n) is 3.85. The molecule has 2 atom stereocenters. The molecule has 3 N–H and O–H groups in total. The Hall–Kier alpha value is -3.88. The molecule has 0 aliphatic carbocycles. The molecule has 35 heavy (non-hydrogen) atoms. The molecule has 0 aliphatic rings. The van der Waals surface area contributed by atoms with Gasteiger partial charge in [0.2, 0.25) is 5.91 Å². The number of methoxy groups -OCH3 is 2. The van der Waals surface area contributed by atoms with Crippen LogP contribution < -0.4 is 14.8 Å². The lowest BCUT2D eigenvalue weighted by atomic mass is 9.80. The van der Waals surface area contributed by atoms with Crippen LogP contribution in [0.5, 0.6) is 11.5 Å². The minimum atomic E-state index is -1.46. The molecule has 0 aliphatic heterocycles. The minimum Gasteiger partial charge on any atom is -0.497 e. The molecule has 2 unspecified atom stereocenters. The first-order valence-electron chi connectivity index (χ1n) is 11.0. The number of nitrogens with one attached hydrogen (secondary N) is 1. The number of carbonyl (C=O) groups excluding carboxylic acids is 1. The summed E-state index contributed by atoms with van der Waals surface area (Å²) < 4.78 is 17.0. The summed E-state index contributed by atoms with van der Waals surface area (Å²) in [7, 11) is 3.15. The molecule has 0 radical (unpaired) electrons. The lowest BCUT2D eigenvalue weighted by Crippen LogP contribution is -2.49. The van der Waals surface area contributed by atoms with Crippen LogP contribution in [0.25, 0.3) is 0 Å². The third kappa shape index (κ3) is 5.79. The topological polar surface area (TPSA) is 114 Å². The molecule has 0 aromatic heterocycles. The standard InChI is InChI=1S/C27H29NO7/c1-18(29)25(26(31)32)28-24(30)17-35-27(19-7-5-4-6-8-19,20-9-13-22(33-2)14-10-20)21-11-15-23(34-3)16-12-21/h4-16,18,25,29H,17H2,1-3H3,(H,28,30)(H,31,32). The summed E-state index contributed by atoms with van der Waals surface area (Å²) in [5.41, 5.74) is 0.995. The fourth-order valence-corrected chi connectivity index (χ4v) is 3.85. The first-order valence-corrected chi connectivity index (χ1v) is 11.0. The minimum absolute atomic E-state index is 0.469. The normalized spacial score (nSPS) is 12.9. The van der Waals surface area contributed by atoms with Crippen molar-refractivity contribution in [3.05, 3.63) is 95.6 Å². The number of ether oxygens (including phenoxy) is 3. The second kappa shape index (κ2) is 11.5. The molecular formula is C27H29NO7. The predicted octanol–water partition coefficient (Wildman–Crippen LogP) is 2.96. The van der Waals surface area contributed by atoms with Crippen LogP contribution in [0.2, 0.25) is 0 Å². The van der Waals surface area contributed by atoms with E-state index >= 15 is 0 Å². The number of aliphatic hydroxyl groups excluding tert-OH is 1. The molecule has 0 spiro atoms. The molecule has 0 fully saturated rings. The van der Waals surface area contributed by atoms with Crippen molar-refractivity contribution in [1.82, 2.24) is 5.32 Å². The summed E-state index contributed by atoms with van der Waals surface area (Å²) in [6.45, 7) is 0.826. The molecule has 184 valence electrons. The van der Waals surface area contributed by atoms with Crippen LogP contribution in [0.3, 0.4) is 0 Å². The fraction of sp³-hybridized carbons (Fsp3) is 0.259. The van der Waals surface area contributed by atoms with Gasteiger partial charge >= 0.3 is 5.97 Å². The van der Waals surface area contributed by atoms with E-state index in [9.17, 15) is 19.8 Å². The Labute approximate surface area is 204 Å². The van der Waals surface area contributed by atoms with Crippen molar-refractivity contribution in [2.75, 3.05) is 20.8 Å². The van der Waals surface area contributed by atoms with Crippen molar-refractivity contribution in [3.63, 3.8) is 0 Å². The molecule has 3 rings (SSSR count). The highest BCUT2D eigenvalue weighted by molar-refractivity contribution is 5.84. The van der Waals surface area contributed by atoms with Crippen molar-refractivity contribution in [2.24, 2.45) is 0 Å². The van der Waals surface area contributed by atoms with Crippen LogP contribution in [0.15, 0.2) is 78.9 Å². The summed E-state index contributed by atoms with van der Waals surface area (Å²) >= 11 is 0. The molecule has 0 saturated carbocycles. The molecule has 8 heteroatoms. The molecule has 3 aromatic rings. The van der Waals surface area contributed by atoms with E-state index in [2.05, 4.69) is 5.32 Å². The summed E-state index contributed by atoms with van der Waals surface area (Å²) in [5.74, 6) is -0.706. The van der Waals surface area contributed by atoms with Gasteiger partial charge in [0.15, 0.2) is 6.04 Å². The second-order valence-electron chi connectivity index (χ2n) is 7.92. The van der Waals surface area contributed by atoms with E-state index in [1.165, 1.54) is 6.92 Å². The molecule has 1 amide bonds. The monoisotopic (exact) mass is 479 g/mol. The van der Waals surface area contributed by atoms with Crippen LogP contribution in [0.4, 0.5) is 0 Å². The number of aliphatic carboxylic acids is 1. The number of rotatable bonds is 11. The van der Waals surface area contributed by atoms with Crippen LogP contribution in [0, 0.1) is 0 Å². The quantitative estimate of drug-likeness (QED) is 0.362. The zero-order valence-electron chi connectivity index (χ0n) is 19.8. The van der Waals surface area contributed by atoms with Crippen LogP contribution in [-0.2, 0) is 19.9 Å². The Morgan fingerprint density at radius 1 is 0.829 bits per heavy atom. The molecule has 0 heterocycles. The summed E-state index contributed by atoms with van der Waals surface area (Å²) in [5, 5.41) is 21.4. The largest absolute Gasteiger partial charge is 0.497 e. The Bertz CT molecular complexity index is 1070. The molecule has 0 bridgehead atoms. The maximum Gasteiger partial charge on any atom is 0.328 e. The van der Waals surface area contributed by atoms with Gasteiger partial charge in [-0.05, 0) is 47.9 Å². The van der Waals surface area contributed by atoms with Crippen molar-refractivity contribution < 1.29 is 34.0 Å². The molecular weight excluding hydrogens is 450 g/mol. The van der Waals surface area contributed by atoms with Gasteiger partial charge in [0, 0.05) is 0 Å². The van der Waals surface area contributed by atoms with Crippen molar-refractivity contribution in [2.45, 2.75) is 24.7 Å². The van der Waals surface area contributed by atoms with Gasteiger partial charge in [0.05, 0.1) is 20.3 Å². The van der Waals surface area contributed by atoms with E-state index in [0.717, 1.165) is 16.7 Å². The second-order valence-corrected chi connectivity index (χ2v) is 7.92. The third-order valence-corrected chi connectivity index (χ3v) is 5.66. The van der Waals surface area contributed by atoms with Crippen LogP contribution in [-0.4, -0.2) is 55.1 Å². The van der Waals surface area contributed by atoms with E-state index in [1.807, 2.05) is 54.6 Å². The number of carboxylic acids is 1. The Morgan fingerprint density at radius 2 is 1.29 bits per heavy atom. The number of aliphatic hydroxyl groups is 1. The molecule has 0 saturated heterocycles. The lowest BCUT2D eigenvalue weighted by Gasteiger charge is -2.36. The first kappa shape index (κ1) is 25.7. The van der Waals surface area contributed by atoms with Gasteiger partial charge in [0.25, 0.3) is 0 Å². The SMILES string of the molecule is COc1ccc(C(OCC(=O)NC(C(=O)O)C(C)O)(c2ccccc2)c2ccc(OC)cc2)cc1. The van der Waals surface area contributed by atoms with Gasteiger partial charge in [-0.3, -0.25) is 4.79 Å². The lowest BCUT2D eigenvalue weighted by molar-refractivity contribution is -0.146. The van der Waals surface area contributed by atoms with Gasteiger partial charge in [-0.2, -0.15) is 0 Å². The number of benzene rings is 3. The average molecular weight is 480 g/mol. The van der Waals surface area contributed by atoms with Crippen molar-refractivity contribution in [1.29, 1.82) is 0 Å². The predicted molar refractivity (Wildman–Crippen MR) is 130 cm³/mol. The van der Waals surface area contributed by atoms with Crippen molar-refractivity contribution >= 4 is 11.9 Å². The maximum absolute atomic E-state index is 12.8. The van der Waals surface area contributed by atoms with E-state index < -0.39 is 36.2 Å². The highest BCUT2D eigenvalue weighted by Gasteiger charge is 2.39. The summed E-state index contributed by atoms with van der Waals surface area (Å²) in [4.78, 5) is 24.2. The highest BCUT2D eigenvalue weighted by atomic mass is 16.5. The summed E-state index contributed by atoms with van der Waals surface area (Å²) in [6.07, 6.45) is -1.28. The van der Waals surface area contributed by atoms with Gasteiger partial charge in [-0.1, -0.05) is 54.6 Å². The van der Waals surface area contributed by atoms with E-state index in [-0.39, 0.29) is 0 Å². The zero-order chi connectivity index (χ0) is 25.4. The smallest absolute Gasteiger partial charge is 0.328 e. The number of carboxylic acid groups (broad SMARTS) is 1. The number of carbonyl (C=O) groups is 2. The highest BCUT2D eigenvalue weighted by Crippen LogP contribution is 2.41. The number of amides is 1. The average Bonchev–Trinajstić information content (AvgIpc) is 2.88. The Morgan fingerprint density at radius 3 is 1.69 bits per heavy atom. The zero-order valence-corrected chi connectivity index (χ0v) is 19.8. The number of hydrogen-bond donors (Lipinski definition) is 3. The Balaban J connectivity index is 2.09. The van der Waals surface area contributed by atoms with Crippen LogP contribution >= 0.6 is 0 Å². The first-order chi connectivity index (χ1) is 16.8. The van der Waals surface area contributed by atoms with E-state index in [4.69, 9.17) is 14.2 Å². The third-order valence-electron chi connectivity index (χ3n) is 5.66. The van der Waals surface area contributed by atoms with Gasteiger partial charge < -0.3 is 29.7 Å². The Kier molecular flexibility index (Phi) is 8.46. The summed E-state index contributed by atoms with van der Waals surface area (Å²) in [6, 6.07) is 22.5.